The van der Waals surface area contributed by atoms with Crippen molar-refractivity contribution in [1.82, 2.24) is 0 Å². The number of hydrogen-bond acceptors (Lipinski definition) is 2. The van der Waals surface area contributed by atoms with Crippen molar-refractivity contribution in [3.05, 3.63) is 53.6 Å². The molecule has 0 spiro atoms. The van der Waals surface area contributed by atoms with Crippen LogP contribution >= 0.6 is 0 Å². The molecule has 1 aliphatic rings. The monoisotopic (exact) mass is 209 g/mol. The van der Waals surface area contributed by atoms with Crippen molar-refractivity contribution in [2.75, 3.05) is 0 Å². The van der Waals surface area contributed by atoms with E-state index < -0.39 is 0 Å². The molecule has 0 saturated carbocycles. The first kappa shape index (κ1) is 9.16. The number of ether oxygens (including phenoxy) is 1. The third-order valence-corrected chi connectivity index (χ3v) is 2.60. The van der Waals surface area contributed by atoms with Crippen molar-refractivity contribution in [2.45, 2.75) is 6.92 Å². The summed E-state index contributed by atoms with van der Waals surface area (Å²) in [5.74, 6) is 1.67. The molecule has 2 nitrogen and oxygen atoms in total. The molecule has 0 aliphatic carbocycles. The minimum atomic E-state index is 0.812. The lowest BCUT2D eigenvalue weighted by Gasteiger charge is -2.07. The zero-order chi connectivity index (χ0) is 11.0. The molecule has 0 N–H and O–H groups in total. The molecule has 2 heteroatoms. The number of aryl methyl sites for hydroxylation is 1. The van der Waals surface area contributed by atoms with E-state index in [2.05, 4.69) is 4.99 Å². The van der Waals surface area contributed by atoms with Gasteiger partial charge in [0.2, 0.25) is 0 Å². The van der Waals surface area contributed by atoms with Gasteiger partial charge >= 0.3 is 0 Å². The van der Waals surface area contributed by atoms with Crippen LogP contribution in [0.1, 0.15) is 11.1 Å². The Bertz CT molecular complexity index is 573. The molecule has 0 unspecified atom stereocenters. The van der Waals surface area contributed by atoms with E-state index >= 15 is 0 Å². The summed E-state index contributed by atoms with van der Waals surface area (Å²) in [4.78, 5) is 4.44. The lowest BCUT2D eigenvalue weighted by molar-refractivity contribution is 0.485. The Morgan fingerprint density at radius 2 is 1.88 bits per heavy atom. The molecule has 0 atom stereocenters. The average Bonchev–Trinajstić information content (AvgIpc) is 2.48. The molecule has 1 heterocycles. The first-order valence-electron chi connectivity index (χ1n) is 5.24. The van der Waals surface area contributed by atoms with E-state index in [1.54, 1.807) is 0 Å². The van der Waals surface area contributed by atoms with Crippen LogP contribution in [0.3, 0.4) is 0 Å². The van der Waals surface area contributed by atoms with Gasteiger partial charge in [0, 0.05) is 11.8 Å². The summed E-state index contributed by atoms with van der Waals surface area (Å²) in [6.07, 6.45) is 1.85. The predicted octanol–water partition coefficient (Wildman–Crippen LogP) is 3.85. The summed E-state index contributed by atoms with van der Waals surface area (Å²) in [6.45, 7) is 2.05. The van der Waals surface area contributed by atoms with E-state index in [1.807, 2.05) is 55.6 Å². The number of hydrogen-bond donors (Lipinski definition) is 0. The van der Waals surface area contributed by atoms with Gasteiger partial charge in [-0.3, -0.25) is 4.99 Å². The zero-order valence-electron chi connectivity index (χ0n) is 8.97. The van der Waals surface area contributed by atoms with Gasteiger partial charge in [0.15, 0.2) is 5.75 Å². The third kappa shape index (κ3) is 1.48. The number of aliphatic imine (C=N–C) groups is 1. The molecule has 0 saturated heterocycles. The van der Waals surface area contributed by atoms with Gasteiger partial charge in [-0.2, -0.15) is 0 Å². The van der Waals surface area contributed by atoms with Gasteiger partial charge in [-0.05, 0) is 36.8 Å². The van der Waals surface area contributed by atoms with E-state index in [0.29, 0.717) is 0 Å². The highest BCUT2D eigenvalue weighted by Gasteiger charge is 2.10. The highest BCUT2D eigenvalue weighted by atomic mass is 16.5. The first-order valence-corrected chi connectivity index (χ1v) is 5.24. The Morgan fingerprint density at radius 1 is 1.00 bits per heavy atom. The number of benzene rings is 2. The fourth-order valence-electron chi connectivity index (χ4n) is 1.75. The maximum atomic E-state index is 5.83. The smallest absolute Gasteiger partial charge is 0.153 e. The van der Waals surface area contributed by atoms with Crippen LogP contribution < -0.4 is 4.74 Å². The second-order valence-corrected chi connectivity index (χ2v) is 3.87. The highest BCUT2D eigenvalue weighted by Crippen LogP contribution is 2.36. The van der Waals surface area contributed by atoms with Crippen molar-refractivity contribution in [1.29, 1.82) is 0 Å². The summed E-state index contributed by atoms with van der Waals surface area (Å²) in [5, 5.41) is 0. The quantitative estimate of drug-likeness (QED) is 0.551. The van der Waals surface area contributed by atoms with Gasteiger partial charge in [-0.25, -0.2) is 0 Å². The van der Waals surface area contributed by atoms with Gasteiger partial charge in [-0.1, -0.05) is 18.2 Å². The molecule has 0 aromatic heterocycles. The molecule has 1 aliphatic heterocycles. The number of nitrogens with zero attached hydrogens (tertiary/aromatic N) is 1. The lowest BCUT2D eigenvalue weighted by Crippen LogP contribution is -1.87. The molecule has 0 radical (unpaired) electrons. The molecular weight excluding hydrogens is 198 g/mol. The first-order chi connectivity index (χ1) is 7.83. The van der Waals surface area contributed by atoms with Crippen LogP contribution in [-0.2, 0) is 0 Å². The van der Waals surface area contributed by atoms with Crippen molar-refractivity contribution in [3.8, 4) is 11.5 Å². The zero-order valence-corrected chi connectivity index (χ0v) is 8.97. The molecule has 16 heavy (non-hydrogen) atoms. The lowest BCUT2D eigenvalue weighted by atomic mass is 10.2. The van der Waals surface area contributed by atoms with Crippen LogP contribution in [0.2, 0.25) is 0 Å². The molecule has 0 bridgehead atoms. The average molecular weight is 209 g/mol. The summed E-state index contributed by atoms with van der Waals surface area (Å²) in [7, 11) is 0. The van der Waals surface area contributed by atoms with Crippen LogP contribution in [0.5, 0.6) is 11.5 Å². The van der Waals surface area contributed by atoms with Gasteiger partial charge < -0.3 is 4.74 Å². The molecule has 3 rings (SSSR count). The summed E-state index contributed by atoms with van der Waals surface area (Å²) < 4.78 is 5.83. The van der Waals surface area contributed by atoms with Gasteiger partial charge in [0.05, 0.1) is 0 Å². The Hall–Kier alpha value is -2.09. The van der Waals surface area contributed by atoms with Gasteiger partial charge in [0.25, 0.3) is 0 Å². The third-order valence-electron chi connectivity index (χ3n) is 2.60. The molecule has 78 valence electrons. The Kier molecular flexibility index (Phi) is 2.00. The Morgan fingerprint density at radius 3 is 2.81 bits per heavy atom. The molecular formula is C14H11NO. The second kappa shape index (κ2) is 3.49. The van der Waals surface area contributed by atoms with E-state index in [-0.39, 0.29) is 0 Å². The van der Waals surface area contributed by atoms with Crippen LogP contribution in [-0.4, -0.2) is 6.21 Å². The minimum absolute atomic E-state index is 0.812. The number of para-hydroxylation sites is 1. The van der Waals surface area contributed by atoms with Crippen molar-refractivity contribution in [2.24, 2.45) is 4.99 Å². The van der Waals surface area contributed by atoms with Crippen LogP contribution in [0.25, 0.3) is 0 Å². The van der Waals surface area contributed by atoms with Crippen molar-refractivity contribution >= 4 is 11.9 Å². The standard InChI is InChI=1S/C14H11NO/c1-10-6-7-14-12(8-10)15-9-11-4-2-3-5-13(11)16-14/h2-9H,1H3. The fraction of sp³-hybridized carbons (Fsp3) is 0.0714. The number of fused-ring (bicyclic) bond motifs is 2. The summed E-state index contributed by atoms with van der Waals surface area (Å²) >= 11 is 0. The largest absolute Gasteiger partial charge is 0.454 e. The molecule has 0 amide bonds. The highest BCUT2D eigenvalue weighted by molar-refractivity contribution is 5.87. The molecule has 2 aromatic carbocycles. The minimum Gasteiger partial charge on any atom is -0.454 e. The maximum Gasteiger partial charge on any atom is 0.153 e. The SMILES string of the molecule is Cc1ccc2c(c1)N=Cc1ccccc1O2. The van der Waals surface area contributed by atoms with E-state index in [1.165, 1.54) is 5.56 Å². The van der Waals surface area contributed by atoms with E-state index in [0.717, 1.165) is 22.7 Å². The predicted molar refractivity (Wildman–Crippen MR) is 64.9 cm³/mol. The summed E-state index contributed by atoms with van der Waals surface area (Å²) in [6, 6.07) is 13.9. The van der Waals surface area contributed by atoms with Crippen LogP contribution in [0, 0.1) is 6.92 Å². The molecule has 0 fully saturated rings. The van der Waals surface area contributed by atoms with E-state index in [4.69, 9.17) is 4.74 Å². The van der Waals surface area contributed by atoms with Crippen LogP contribution in [0.4, 0.5) is 5.69 Å². The second-order valence-electron chi connectivity index (χ2n) is 3.87. The van der Waals surface area contributed by atoms with Gasteiger partial charge in [-0.15, -0.1) is 0 Å². The molecule has 2 aromatic rings. The normalized spacial score (nSPS) is 12.3. The van der Waals surface area contributed by atoms with Gasteiger partial charge in [0.1, 0.15) is 11.4 Å². The Labute approximate surface area is 94.2 Å². The maximum absolute atomic E-state index is 5.83. The van der Waals surface area contributed by atoms with E-state index in [9.17, 15) is 0 Å². The van der Waals surface area contributed by atoms with Crippen molar-refractivity contribution in [3.63, 3.8) is 0 Å². The Balaban J connectivity index is 2.17. The van der Waals surface area contributed by atoms with Crippen LogP contribution in [0.15, 0.2) is 47.5 Å². The topological polar surface area (TPSA) is 21.6 Å². The summed E-state index contributed by atoms with van der Waals surface area (Å²) in [5.41, 5.74) is 3.08. The number of rotatable bonds is 0. The van der Waals surface area contributed by atoms with Crippen molar-refractivity contribution < 1.29 is 4.74 Å². The fourth-order valence-corrected chi connectivity index (χ4v) is 1.75.